The van der Waals surface area contributed by atoms with Crippen molar-refractivity contribution in [2.45, 2.75) is 76.5 Å². The number of aliphatic carboxylic acids is 1. The van der Waals surface area contributed by atoms with Crippen LogP contribution < -0.4 is 32.7 Å². The Bertz CT molecular complexity index is 980. The van der Waals surface area contributed by atoms with E-state index < -0.39 is 60.3 Å². The summed E-state index contributed by atoms with van der Waals surface area (Å²) in [5.41, 5.74) is 12.2. The van der Waals surface area contributed by atoms with Gasteiger partial charge in [-0.25, -0.2) is 4.79 Å². The molecule has 0 aliphatic carbocycles. The molecular weight excluding hydrogens is 548 g/mol. The second-order valence-electron chi connectivity index (χ2n) is 10.3. The van der Waals surface area contributed by atoms with Crippen molar-refractivity contribution >= 4 is 41.4 Å². The molecule has 0 bridgehead atoms. The number of thioether (sulfide) groups is 1. The molecule has 0 spiro atoms. The van der Waals surface area contributed by atoms with Gasteiger partial charge in [-0.05, 0) is 62.1 Å². The molecule has 230 valence electrons. The quantitative estimate of drug-likeness (QED) is 0.102. The topological polar surface area (TPSA) is 206 Å². The van der Waals surface area contributed by atoms with E-state index >= 15 is 0 Å². The predicted octanol–water partition coefficient (Wildman–Crippen LogP) is 0.140. The predicted molar refractivity (Wildman–Crippen MR) is 160 cm³/mol. The maximum Gasteiger partial charge on any atom is 0.326 e. The molecule has 0 radical (unpaired) electrons. The van der Waals surface area contributed by atoms with E-state index in [-0.39, 0.29) is 18.8 Å². The molecule has 41 heavy (non-hydrogen) atoms. The Morgan fingerprint density at radius 3 is 2.12 bits per heavy atom. The second-order valence-corrected chi connectivity index (χ2v) is 11.3. The maximum atomic E-state index is 13.0. The minimum Gasteiger partial charge on any atom is -0.480 e. The standard InChI is InChI=1S/C28H46N6O6S/c1-18(2)15-22(27(38)34-23(28(39)40)16-19-9-5-4-6-10-19)32-24(35)17-31-26(37)21(11-7-8-13-29)33-25(36)20(30)12-14-41-3/h4-6,9-10,18,20-23H,7-8,11-17,29-30H2,1-3H3,(H,31,37)(H,32,35)(H,33,36)(H,34,38)(H,39,40)/t20-,21-,22-,23-/m0/s1. The fraction of sp³-hybridized carbons (Fsp3) is 0.607. The number of nitrogens with one attached hydrogen (secondary N) is 4. The number of unbranched alkanes of at least 4 members (excludes halogenated alkanes) is 1. The van der Waals surface area contributed by atoms with Gasteiger partial charge in [0.2, 0.25) is 23.6 Å². The van der Waals surface area contributed by atoms with Crippen molar-refractivity contribution in [1.82, 2.24) is 21.3 Å². The highest BCUT2D eigenvalue weighted by atomic mass is 32.2. The molecule has 0 unspecified atom stereocenters. The number of carbonyl (C=O) groups is 5. The number of carbonyl (C=O) groups excluding carboxylic acids is 4. The smallest absolute Gasteiger partial charge is 0.326 e. The third kappa shape index (κ3) is 14.9. The first kappa shape index (κ1) is 35.9. The van der Waals surface area contributed by atoms with Crippen molar-refractivity contribution in [1.29, 1.82) is 0 Å². The number of carboxylic acids is 1. The van der Waals surface area contributed by atoms with E-state index in [1.807, 2.05) is 26.2 Å². The van der Waals surface area contributed by atoms with E-state index in [1.165, 1.54) is 0 Å². The molecule has 0 fully saturated rings. The van der Waals surface area contributed by atoms with Crippen molar-refractivity contribution < 1.29 is 29.1 Å². The number of benzene rings is 1. The Labute approximate surface area is 246 Å². The molecule has 9 N–H and O–H groups in total. The molecule has 4 amide bonds. The van der Waals surface area contributed by atoms with Crippen molar-refractivity contribution in [3.8, 4) is 0 Å². The molecule has 0 heterocycles. The number of nitrogens with two attached hydrogens (primary N) is 2. The van der Waals surface area contributed by atoms with Crippen LogP contribution in [0.1, 0.15) is 51.5 Å². The highest BCUT2D eigenvalue weighted by molar-refractivity contribution is 7.98. The number of amides is 4. The summed E-state index contributed by atoms with van der Waals surface area (Å²) in [4.78, 5) is 63.0. The van der Waals surface area contributed by atoms with Gasteiger partial charge in [0.1, 0.15) is 18.1 Å². The third-order valence-corrected chi connectivity index (χ3v) is 6.87. The van der Waals surface area contributed by atoms with Crippen LogP contribution in [-0.4, -0.2) is 84.0 Å². The number of hydrogen-bond donors (Lipinski definition) is 7. The van der Waals surface area contributed by atoms with Gasteiger partial charge in [-0.1, -0.05) is 44.2 Å². The van der Waals surface area contributed by atoms with Crippen molar-refractivity contribution in [2.75, 3.05) is 25.1 Å². The zero-order valence-corrected chi connectivity index (χ0v) is 25.0. The highest BCUT2D eigenvalue weighted by Gasteiger charge is 2.28. The van der Waals surface area contributed by atoms with Crippen LogP contribution in [0.4, 0.5) is 0 Å². The lowest BCUT2D eigenvalue weighted by Crippen LogP contribution is -2.55. The van der Waals surface area contributed by atoms with Crippen LogP contribution in [0.3, 0.4) is 0 Å². The Hall–Kier alpha value is -3.16. The van der Waals surface area contributed by atoms with Crippen LogP contribution >= 0.6 is 11.8 Å². The molecule has 0 aliphatic rings. The zero-order valence-electron chi connectivity index (χ0n) is 24.2. The third-order valence-electron chi connectivity index (χ3n) is 6.23. The van der Waals surface area contributed by atoms with E-state index in [4.69, 9.17) is 11.5 Å². The van der Waals surface area contributed by atoms with Crippen LogP contribution in [-0.2, 0) is 30.4 Å². The number of carboxylic acid groups (broad SMARTS) is 1. The van der Waals surface area contributed by atoms with Gasteiger partial charge in [-0.15, -0.1) is 0 Å². The molecule has 4 atom stereocenters. The lowest BCUT2D eigenvalue weighted by atomic mass is 10.0. The molecule has 0 aliphatic heterocycles. The maximum absolute atomic E-state index is 13.0. The summed E-state index contributed by atoms with van der Waals surface area (Å²) in [5.74, 6) is -2.75. The van der Waals surface area contributed by atoms with Gasteiger partial charge in [-0.2, -0.15) is 11.8 Å². The Kier molecular flexibility index (Phi) is 17.4. The molecular formula is C28H46N6O6S. The van der Waals surface area contributed by atoms with Crippen molar-refractivity contribution in [2.24, 2.45) is 17.4 Å². The molecule has 1 aromatic carbocycles. The Morgan fingerprint density at radius 1 is 0.878 bits per heavy atom. The van der Waals surface area contributed by atoms with Gasteiger partial charge in [0.05, 0.1) is 12.6 Å². The summed E-state index contributed by atoms with van der Waals surface area (Å²) < 4.78 is 0. The van der Waals surface area contributed by atoms with E-state index in [1.54, 1.807) is 36.0 Å². The van der Waals surface area contributed by atoms with E-state index in [9.17, 15) is 29.1 Å². The van der Waals surface area contributed by atoms with Crippen LogP contribution in [0.15, 0.2) is 30.3 Å². The monoisotopic (exact) mass is 594 g/mol. The second kappa shape index (κ2) is 19.8. The summed E-state index contributed by atoms with van der Waals surface area (Å²) in [7, 11) is 0. The first-order valence-electron chi connectivity index (χ1n) is 13.9. The normalized spacial score (nSPS) is 13.9. The number of rotatable bonds is 20. The Balaban J connectivity index is 2.81. The summed E-state index contributed by atoms with van der Waals surface area (Å²) in [6, 6.07) is 5.05. The fourth-order valence-electron chi connectivity index (χ4n) is 3.98. The van der Waals surface area contributed by atoms with Crippen molar-refractivity contribution in [3.63, 3.8) is 0 Å². The summed E-state index contributed by atoms with van der Waals surface area (Å²) in [6.45, 7) is 3.73. The highest BCUT2D eigenvalue weighted by Crippen LogP contribution is 2.08. The molecule has 1 rings (SSSR count). The largest absolute Gasteiger partial charge is 0.480 e. The van der Waals surface area contributed by atoms with E-state index in [2.05, 4.69) is 21.3 Å². The Morgan fingerprint density at radius 2 is 1.54 bits per heavy atom. The minimum atomic E-state index is -1.19. The van der Waals surface area contributed by atoms with Crippen LogP contribution in [0.25, 0.3) is 0 Å². The summed E-state index contributed by atoms with van der Waals surface area (Å²) >= 11 is 1.56. The van der Waals surface area contributed by atoms with E-state index in [0.717, 1.165) is 5.56 Å². The van der Waals surface area contributed by atoms with Gasteiger partial charge >= 0.3 is 5.97 Å². The molecule has 1 aromatic rings. The van der Waals surface area contributed by atoms with E-state index in [0.29, 0.717) is 38.0 Å². The van der Waals surface area contributed by atoms with Crippen LogP contribution in [0.5, 0.6) is 0 Å². The average molecular weight is 595 g/mol. The van der Waals surface area contributed by atoms with Gasteiger partial charge in [0, 0.05) is 6.42 Å². The SMILES string of the molecule is CSCC[C@H](N)C(=O)N[C@@H](CCCCN)C(=O)NCC(=O)N[C@@H](CC(C)C)C(=O)N[C@@H](Cc1ccccc1)C(=O)O. The average Bonchev–Trinajstić information content (AvgIpc) is 2.93. The molecule has 0 saturated heterocycles. The lowest BCUT2D eigenvalue weighted by molar-refractivity contribution is -0.142. The van der Waals surface area contributed by atoms with Crippen LogP contribution in [0, 0.1) is 5.92 Å². The van der Waals surface area contributed by atoms with Gasteiger partial charge in [0.15, 0.2) is 0 Å². The van der Waals surface area contributed by atoms with Gasteiger partial charge in [-0.3, -0.25) is 19.2 Å². The first-order chi connectivity index (χ1) is 19.5. The van der Waals surface area contributed by atoms with Gasteiger partial charge < -0.3 is 37.8 Å². The van der Waals surface area contributed by atoms with Gasteiger partial charge in [0.25, 0.3) is 0 Å². The molecule has 0 aromatic heterocycles. The first-order valence-corrected chi connectivity index (χ1v) is 15.3. The van der Waals surface area contributed by atoms with Crippen LogP contribution in [0.2, 0.25) is 0 Å². The summed E-state index contributed by atoms with van der Waals surface area (Å²) in [5, 5.41) is 20.0. The number of hydrogen-bond acceptors (Lipinski definition) is 8. The molecule has 12 nitrogen and oxygen atoms in total. The summed E-state index contributed by atoms with van der Waals surface area (Å²) in [6.07, 6.45) is 4.27. The fourth-order valence-corrected chi connectivity index (χ4v) is 4.47. The lowest BCUT2D eigenvalue weighted by Gasteiger charge is -2.23. The zero-order chi connectivity index (χ0) is 30.8. The van der Waals surface area contributed by atoms with Crippen molar-refractivity contribution in [3.05, 3.63) is 35.9 Å². The molecule has 13 heteroatoms. The minimum absolute atomic E-state index is 0.00972. The molecule has 0 saturated carbocycles.